The van der Waals surface area contributed by atoms with E-state index in [1.165, 1.54) is 0 Å². The number of allylic oxidation sites excluding steroid dienone is 2. The van der Waals surface area contributed by atoms with Gasteiger partial charge >= 0.3 is 12.1 Å². The van der Waals surface area contributed by atoms with Gasteiger partial charge < -0.3 is 19.7 Å². The van der Waals surface area contributed by atoms with Crippen LogP contribution in [0.1, 0.15) is 41.0 Å². The van der Waals surface area contributed by atoms with Crippen LogP contribution in [0.25, 0.3) is 0 Å². The number of hydrogen-bond acceptors (Lipinski definition) is 4. The molecule has 1 aliphatic heterocycles. The molecule has 1 spiro atoms. The first-order valence-electron chi connectivity index (χ1n) is 8.61. The Morgan fingerprint density at radius 2 is 1.78 bits per heavy atom. The molecule has 5 nitrogen and oxygen atoms in total. The molecule has 0 bridgehead atoms. The van der Waals surface area contributed by atoms with Gasteiger partial charge in [-0.15, -0.1) is 0 Å². The molecule has 0 aromatic heterocycles. The summed E-state index contributed by atoms with van der Waals surface area (Å²) in [6.45, 7) is 8.71. The van der Waals surface area contributed by atoms with E-state index in [2.05, 4.69) is 0 Å². The van der Waals surface area contributed by atoms with Crippen LogP contribution in [0.15, 0.2) is 35.5 Å². The van der Waals surface area contributed by atoms with Gasteiger partial charge in [-0.1, -0.05) is 19.9 Å². The number of carboxylic acids is 1. The Balaban J connectivity index is 2.45. The van der Waals surface area contributed by atoms with Crippen molar-refractivity contribution < 1.29 is 37.7 Å². The third-order valence-corrected chi connectivity index (χ3v) is 5.30. The maximum Gasteiger partial charge on any atom is 0.416 e. The molecule has 0 radical (unpaired) electrons. The molecule has 2 N–H and O–H groups in total. The quantitative estimate of drug-likeness (QED) is 0.436. The summed E-state index contributed by atoms with van der Waals surface area (Å²) in [6, 6.07) is 0. The van der Waals surface area contributed by atoms with Gasteiger partial charge in [0.2, 0.25) is 0 Å². The van der Waals surface area contributed by atoms with Gasteiger partial charge in [0.05, 0.1) is 17.8 Å². The van der Waals surface area contributed by atoms with Crippen LogP contribution in [0.4, 0.5) is 13.2 Å². The highest BCUT2D eigenvalue weighted by atomic mass is 19.4. The Kier molecular flexibility index (Phi) is 5.42. The smallest absolute Gasteiger partial charge is 0.416 e. The summed E-state index contributed by atoms with van der Waals surface area (Å²) in [6.07, 6.45) is -1.70. The predicted octanol–water partition coefficient (Wildman–Crippen LogP) is 3.74. The maximum atomic E-state index is 13.1. The number of carboxylic acid groups (broad SMARTS) is 1. The van der Waals surface area contributed by atoms with Gasteiger partial charge in [-0.05, 0) is 38.5 Å². The molecule has 2 aliphatic rings. The summed E-state index contributed by atoms with van der Waals surface area (Å²) in [5.41, 5.74) is -3.66. The lowest BCUT2D eigenvalue weighted by Crippen LogP contribution is -2.53. The molecule has 1 saturated heterocycles. The van der Waals surface area contributed by atoms with Crippen LogP contribution in [-0.2, 0) is 14.3 Å². The minimum absolute atomic E-state index is 0.0722. The van der Waals surface area contributed by atoms with E-state index in [1.54, 1.807) is 26.8 Å². The first kappa shape index (κ1) is 21.7. The van der Waals surface area contributed by atoms with Crippen molar-refractivity contribution in [3.63, 3.8) is 0 Å². The van der Waals surface area contributed by atoms with Crippen LogP contribution in [0.5, 0.6) is 0 Å². The molecule has 3 unspecified atom stereocenters. The van der Waals surface area contributed by atoms with E-state index in [4.69, 9.17) is 14.6 Å². The van der Waals surface area contributed by atoms with Crippen molar-refractivity contribution in [2.24, 2.45) is 5.41 Å². The zero-order chi connectivity index (χ0) is 20.8. The van der Waals surface area contributed by atoms with Crippen molar-refractivity contribution >= 4 is 5.97 Å². The van der Waals surface area contributed by atoms with E-state index in [1.807, 2.05) is 13.8 Å². The second-order valence-electron chi connectivity index (χ2n) is 7.88. The Morgan fingerprint density at radius 1 is 1.26 bits per heavy atom. The van der Waals surface area contributed by atoms with Gasteiger partial charge in [-0.2, -0.15) is 13.2 Å². The van der Waals surface area contributed by atoms with Crippen molar-refractivity contribution in [2.75, 3.05) is 0 Å². The summed E-state index contributed by atoms with van der Waals surface area (Å²) in [7, 11) is 0. The topological polar surface area (TPSA) is 76.0 Å². The molecule has 0 aromatic rings. The molecule has 3 atom stereocenters. The highest BCUT2D eigenvalue weighted by Gasteiger charge is 2.56. The normalized spacial score (nSPS) is 37.1. The molecule has 1 heterocycles. The van der Waals surface area contributed by atoms with Gasteiger partial charge in [0.25, 0.3) is 0 Å². The van der Waals surface area contributed by atoms with E-state index in [-0.39, 0.29) is 24.7 Å². The lowest BCUT2D eigenvalue weighted by molar-refractivity contribution is -0.183. The number of carbonyl (C=O) groups is 1. The summed E-state index contributed by atoms with van der Waals surface area (Å²) in [4.78, 5) is 10.7. The second kappa shape index (κ2) is 6.76. The Bertz CT molecular complexity index is 695. The third kappa shape index (κ3) is 4.12. The third-order valence-electron chi connectivity index (χ3n) is 5.30. The van der Waals surface area contributed by atoms with Crippen LogP contribution >= 0.6 is 0 Å². The first-order valence-corrected chi connectivity index (χ1v) is 8.61. The van der Waals surface area contributed by atoms with E-state index in [9.17, 15) is 23.1 Å². The van der Waals surface area contributed by atoms with Gasteiger partial charge in [0.1, 0.15) is 5.60 Å². The molecule has 0 saturated carbocycles. The van der Waals surface area contributed by atoms with Crippen LogP contribution in [-0.4, -0.2) is 46.0 Å². The second-order valence-corrected chi connectivity index (χ2v) is 7.88. The zero-order valence-electron chi connectivity index (χ0n) is 15.9. The van der Waals surface area contributed by atoms with Crippen LogP contribution < -0.4 is 0 Å². The van der Waals surface area contributed by atoms with Crippen LogP contribution in [0.3, 0.4) is 0 Å². The lowest BCUT2D eigenvalue weighted by atomic mass is 9.63. The molecule has 27 heavy (non-hydrogen) atoms. The standard InChI is InChI=1S/C19H25F3O5/c1-11-9-17(26-12(2)13(3)27-17)10-16(4,5)18(11,25)7-6-14(8-15(23)24)19(20,21)22/h6-9,12-13,25H,10H2,1-5H3,(H,23,24)/b7-6+,14-8-. The zero-order valence-corrected chi connectivity index (χ0v) is 15.9. The molecule has 0 amide bonds. The largest absolute Gasteiger partial charge is 0.478 e. The maximum absolute atomic E-state index is 13.1. The summed E-state index contributed by atoms with van der Waals surface area (Å²) >= 11 is 0. The summed E-state index contributed by atoms with van der Waals surface area (Å²) in [5, 5.41) is 19.9. The summed E-state index contributed by atoms with van der Waals surface area (Å²) < 4.78 is 51.0. The molecule has 1 aliphatic carbocycles. The minimum Gasteiger partial charge on any atom is -0.478 e. The lowest BCUT2D eigenvalue weighted by Gasteiger charge is -2.49. The molecule has 0 aromatic carbocycles. The van der Waals surface area contributed by atoms with Gasteiger partial charge in [-0.25, -0.2) is 4.79 Å². The van der Waals surface area contributed by atoms with Gasteiger partial charge in [0, 0.05) is 17.9 Å². The number of ether oxygens (including phenoxy) is 2. The predicted molar refractivity (Wildman–Crippen MR) is 91.8 cm³/mol. The monoisotopic (exact) mass is 390 g/mol. The van der Waals surface area contributed by atoms with Crippen molar-refractivity contribution in [2.45, 2.75) is 70.8 Å². The van der Waals surface area contributed by atoms with Gasteiger partial charge in [-0.3, -0.25) is 0 Å². The van der Waals surface area contributed by atoms with Crippen molar-refractivity contribution in [1.82, 2.24) is 0 Å². The molecule has 152 valence electrons. The molecule has 8 heteroatoms. The van der Waals surface area contributed by atoms with E-state index >= 15 is 0 Å². The number of aliphatic hydroxyl groups is 1. The number of hydrogen-bond donors (Lipinski definition) is 2. The van der Waals surface area contributed by atoms with Crippen molar-refractivity contribution in [3.05, 3.63) is 35.5 Å². The number of aliphatic carboxylic acids is 1. The van der Waals surface area contributed by atoms with E-state index < -0.39 is 34.5 Å². The Hall–Kier alpha value is -1.64. The van der Waals surface area contributed by atoms with E-state index in [0.29, 0.717) is 11.6 Å². The number of halogens is 3. The first-order chi connectivity index (χ1) is 12.1. The van der Waals surface area contributed by atoms with Crippen LogP contribution in [0, 0.1) is 5.41 Å². The Morgan fingerprint density at radius 3 is 2.19 bits per heavy atom. The number of rotatable bonds is 3. The SMILES string of the molecule is CC1=CC2(CC(C)(C)C1(O)/C=C/C(=C/C(=O)O)C(F)(F)F)OC(C)C(C)O2. The minimum atomic E-state index is -4.86. The van der Waals surface area contributed by atoms with Crippen molar-refractivity contribution in [1.29, 1.82) is 0 Å². The molecular weight excluding hydrogens is 365 g/mol. The van der Waals surface area contributed by atoms with Crippen molar-refractivity contribution in [3.8, 4) is 0 Å². The summed E-state index contributed by atoms with van der Waals surface area (Å²) in [5.74, 6) is -2.76. The van der Waals surface area contributed by atoms with Crippen LogP contribution in [0.2, 0.25) is 0 Å². The number of alkyl halides is 3. The highest BCUT2D eigenvalue weighted by Crippen LogP contribution is 2.52. The van der Waals surface area contributed by atoms with E-state index in [0.717, 1.165) is 6.08 Å². The molecule has 2 rings (SSSR count). The molecular formula is C19H25F3O5. The average Bonchev–Trinajstić information content (AvgIpc) is 2.73. The molecule has 1 fully saturated rings. The Labute approximate surface area is 156 Å². The highest BCUT2D eigenvalue weighted by molar-refractivity contribution is 5.81. The van der Waals surface area contributed by atoms with Gasteiger partial charge in [0.15, 0.2) is 5.79 Å². The fourth-order valence-electron chi connectivity index (χ4n) is 3.70. The fraction of sp³-hybridized carbons (Fsp3) is 0.632. The average molecular weight is 390 g/mol. The fourth-order valence-corrected chi connectivity index (χ4v) is 3.70.